The van der Waals surface area contributed by atoms with Crippen molar-refractivity contribution >= 4 is 17.4 Å². The predicted octanol–water partition coefficient (Wildman–Crippen LogP) is 4.89. The van der Waals surface area contributed by atoms with Gasteiger partial charge in [0, 0.05) is 41.6 Å². The van der Waals surface area contributed by atoms with Crippen LogP contribution in [-0.2, 0) is 11.2 Å². The molecule has 2 aromatic heterocycles. The van der Waals surface area contributed by atoms with Crippen LogP contribution in [0.15, 0.2) is 28.5 Å². The molecule has 36 heavy (non-hydrogen) atoms. The molecule has 3 atom stereocenters. The first kappa shape index (κ1) is 25.7. The van der Waals surface area contributed by atoms with Gasteiger partial charge in [0.1, 0.15) is 17.4 Å². The minimum Gasteiger partial charge on any atom is -0.481 e. The lowest BCUT2D eigenvalue weighted by atomic mass is 9.80. The smallest absolute Gasteiger partial charge is 0.213 e. The Balaban J connectivity index is 1.49. The first-order chi connectivity index (χ1) is 17.3. The lowest BCUT2D eigenvalue weighted by molar-refractivity contribution is -0.124. The number of carbonyl (C=O) groups excluding carboxylic acids is 1. The van der Waals surface area contributed by atoms with Crippen molar-refractivity contribution in [3.63, 3.8) is 0 Å². The number of amidine groups is 1. The number of nitrogens with one attached hydrogen (secondary N) is 3. The molecule has 0 saturated heterocycles. The molecule has 3 heterocycles. The van der Waals surface area contributed by atoms with Crippen molar-refractivity contribution < 1.29 is 13.9 Å². The monoisotopic (exact) mass is 495 g/mol. The van der Waals surface area contributed by atoms with Gasteiger partial charge in [-0.15, -0.1) is 5.11 Å². The van der Waals surface area contributed by atoms with Crippen LogP contribution in [-0.4, -0.2) is 41.3 Å². The van der Waals surface area contributed by atoms with Gasteiger partial charge in [-0.25, -0.2) is 19.9 Å². The second-order valence-electron chi connectivity index (χ2n) is 9.81. The van der Waals surface area contributed by atoms with Crippen molar-refractivity contribution in [1.29, 1.82) is 5.53 Å². The third-order valence-corrected chi connectivity index (χ3v) is 7.66. The summed E-state index contributed by atoms with van der Waals surface area (Å²) in [6.45, 7) is 3.67. The fraction of sp³-hybridized carbons (Fsp3) is 0.538. The topological polar surface area (TPSA) is 125 Å². The van der Waals surface area contributed by atoms with Crippen LogP contribution in [0.1, 0.15) is 73.8 Å². The third-order valence-electron chi connectivity index (χ3n) is 7.66. The molecule has 2 aliphatic rings. The minimum absolute atomic E-state index is 0.0736. The van der Waals surface area contributed by atoms with E-state index < -0.39 is 11.7 Å². The van der Waals surface area contributed by atoms with Crippen molar-refractivity contribution in [3.05, 3.63) is 46.5 Å². The van der Waals surface area contributed by atoms with Gasteiger partial charge in [0.25, 0.3) is 0 Å². The van der Waals surface area contributed by atoms with E-state index in [-0.39, 0.29) is 17.2 Å². The number of Topliss-reactive ketones (excluding diaryl/α,β-unsaturated/α-hetero) is 1. The summed E-state index contributed by atoms with van der Waals surface area (Å²) in [4.78, 5) is 22.1. The van der Waals surface area contributed by atoms with Crippen LogP contribution in [0.3, 0.4) is 0 Å². The third kappa shape index (κ3) is 5.08. The predicted molar refractivity (Wildman–Crippen MR) is 135 cm³/mol. The molecule has 3 unspecified atom stereocenters. The van der Waals surface area contributed by atoms with Gasteiger partial charge in [-0.05, 0) is 57.1 Å². The van der Waals surface area contributed by atoms with E-state index in [4.69, 9.17) is 15.3 Å². The largest absolute Gasteiger partial charge is 0.481 e. The number of rotatable bonds is 6. The molecular weight excluding hydrogens is 461 g/mol. The summed E-state index contributed by atoms with van der Waals surface area (Å²) in [7, 11) is 3.15. The van der Waals surface area contributed by atoms with Crippen molar-refractivity contribution in [2.24, 2.45) is 16.1 Å². The van der Waals surface area contributed by atoms with Crippen molar-refractivity contribution in [2.45, 2.75) is 70.3 Å². The summed E-state index contributed by atoms with van der Waals surface area (Å²) >= 11 is 0. The normalized spacial score (nSPS) is 22.7. The van der Waals surface area contributed by atoms with E-state index >= 15 is 0 Å². The number of methoxy groups -OCH3 is 1. The Bertz CT molecular complexity index is 1190. The maximum Gasteiger partial charge on any atom is 0.213 e. The molecule has 0 radical (unpaired) electrons. The number of aromatic nitrogens is 2. The number of ether oxygens (including phenoxy) is 1. The Hall–Kier alpha value is -3.43. The van der Waals surface area contributed by atoms with Crippen LogP contribution in [0, 0.1) is 24.2 Å². The van der Waals surface area contributed by atoms with Gasteiger partial charge >= 0.3 is 0 Å². The highest BCUT2D eigenvalue weighted by Gasteiger charge is 2.39. The SMILES string of the molecule is CN/N=C(\N=N)c1cc2c(nc1C)NC1(CCCC(C(=O)C(C)c3cc(OC)ncc3F)CC1)CC2. The zero-order valence-electron chi connectivity index (χ0n) is 21.3. The molecule has 2 aromatic rings. The van der Waals surface area contributed by atoms with Crippen LogP contribution in [0.25, 0.3) is 0 Å². The molecule has 1 aliphatic carbocycles. The van der Waals surface area contributed by atoms with E-state index in [1.807, 2.05) is 13.0 Å². The van der Waals surface area contributed by atoms with E-state index in [2.05, 4.69) is 25.9 Å². The number of pyridine rings is 2. The van der Waals surface area contributed by atoms with Gasteiger partial charge in [-0.3, -0.25) is 4.79 Å². The van der Waals surface area contributed by atoms with Crippen molar-refractivity contribution in [2.75, 3.05) is 19.5 Å². The Labute approximate surface area is 210 Å². The van der Waals surface area contributed by atoms with Gasteiger partial charge in [-0.2, -0.15) is 5.10 Å². The first-order valence-corrected chi connectivity index (χ1v) is 12.4. The summed E-state index contributed by atoms with van der Waals surface area (Å²) in [5.41, 5.74) is 12.9. The number of hydrazone groups is 1. The number of carbonyl (C=O) groups is 1. The lowest BCUT2D eigenvalue weighted by Crippen LogP contribution is -2.42. The fourth-order valence-corrected chi connectivity index (χ4v) is 5.56. The maximum absolute atomic E-state index is 14.5. The first-order valence-electron chi connectivity index (χ1n) is 12.4. The number of ketones is 1. The molecule has 4 rings (SSSR count). The van der Waals surface area contributed by atoms with E-state index in [0.29, 0.717) is 17.3 Å². The second kappa shape index (κ2) is 10.7. The number of anilines is 1. The zero-order valence-corrected chi connectivity index (χ0v) is 21.3. The number of nitrogens with zero attached hydrogens (tertiary/aromatic N) is 4. The average molecular weight is 496 g/mol. The van der Waals surface area contributed by atoms with E-state index in [1.165, 1.54) is 13.2 Å². The molecule has 3 N–H and O–H groups in total. The summed E-state index contributed by atoms with van der Waals surface area (Å²) < 4.78 is 19.6. The lowest BCUT2D eigenvalue weighted by Gasteiger charge is -2.39. The van der Waals surface area contributed by atoms with Crippen molar-refractivity contribution in [1.82, 2.24) is 15.4 Å². The highest BCUT2D eigenvalue weighted by atomic mass is 19.1. The number of fused-ring (bicyclic) bond motifs is 1. The highest BCUT2D eigenvalue weighted by molar-refractivity contribution is 6.00. The molecule has 1 saturated carbocycles. The van der Waals surface area contributed by atoms with Gasteiger partial charge in [0.15, 0.2) is 0 Å². The second-order valence-corrected chi connectivity index (χ2v) is 9.81. The number of halogens is 1. The van der Waals surface area contributed by atoms with Crippen molar-refractivity contribution in [3.8, 4) is 5.88 Å². The molecule has 1 spiro atoms. The summed E-state index contributed by atoms with van der Waals surface area (Å²) in [6.07, 6.45) is 7.19. The van der Waals surface area contributed by atoms with Crippen LogP contribution in [0.2, 0.25) is 0 Å². The van der Waals surface area contributed by atoms with Gasteiger partial charge in [0.2, 0.25) is 11.7 Å². The molecule has 1 aliphatic heterocycles. The van der Waals surface area contributed by atoms with Crippen LogP contribution in [0.4, 0.5) is 10.2 Å². The summed E-state index contributed by atoms with van der Waals surface area (Å²) in [5.74, 6) is 0.400. The quantitative estimate of drug-likeness (QED) is 0.227. The number of hydrogen-bond donors (Lipinski definition) is 3. The fourth-order valence-electron chi connectivity index (χ4n) is 5.56. The number of hydrogen-bond acceptors (Lipinski definition) is 8. The summed E-state index contributed by atoms with van der Waals surface area (Å²) in [5, 5.41) is 11.3. The minimum atomic E-state index is -0.556. The Morgan fingerprint density at radius 1 is 1.33 bits per heavy atom. The molecule has 10 heteroatoms. The molecule has 0 aromatic carbocycles. The van der Waals surface area contributed by atoms with Gasteiger partial charge in [0.05, 0.1) is 19.0 Å². The van der Waals surface area contributed by atoms with Gasteiger partial charge in [-0.1, -0.05) is 13.3 Å². The maximum atomic E-state index is 14.5. The van der Waals surface area contributed by atoms with Crippen LogP contribution in [0.5, 0.6) is 5.88 Å². The molecule has 0 bridgehead atoms. The number of aryl methyl sites for hydroxylation is 2. The van der Waals surface area contributed by atoms with E-state index in [0.717, 1.165) is 73.8 Å². The van der Waals surface area contributed by atoms with E-state index in [9.17, 15) is 9.18 Å². The van der Waals surface area contributed by atoms with Crippen LogP contribution < -0.4 is 15.5 Å². The summed E-state index contributed by atoms with van der Waals surface area (Å²) in [6, 6.07) is 3.55. The Morgan fingerprint density at radius 3 is 2.86 bits per heavy atom. The Kier molecular flexibility index (Phi) is 7.61. The average Bonchev–Trinajstić information content (AvgIpc) is 3.09. The van der Waals surface area contributed by atoms with Gasteiger partial charge < -0.3 is 15.5 Å². The van der Waals surface area contributed by atoms with Crippen LogP contribution >= 0.6 is 0 Å². The zero-order chi connectivity index (χ0) is 25.9. The standard InChI is InChI=1S/C26H34FN7O2/c1-15(19-13-22(36-4)30-14-21(19)27)23(35)17-6-5-9-26(10-7-17)11-8-18-12-20(25(33-28)34-29-3)16(2)31-24(18)32-26/h12-15,17,28-29H,5-11H2,1-4H3,(H,31,32)/b33-28?,34-25-. The molecule has 192 valence electrons. The Morgan fingerprint density at radius 2 is 2.14 bits per heavy atom. The molecule has 9 nitrogen and oxygen atoms in total. The highest BCUT2D eigenvalue weighted by Crippen LogP contribution is 2.42. The molecular formula is C26H34FN7O2. The van der Waals surface area contributed by atoms with E-state index in [1.54, 1.807) is 14.0 Å². The molecule has 0 amide bonds. The molecule has 1 fully saturated rings.